The second-order valence-corrected chi connectivity index (χ2v) is 6.65. The third-order valence-electron chi connectivity index (χ3n) is 3.53. The maximum absolute atomic E-state index is 12.5. The van der Waals surface area contributed by atoms with Crippen molar-refractivity contribution < 1.29 is 4.79 Å². The lowest BCUT2D eigenvalue weighted by atomic mass is 9.85. The Kier molecular flexibility index (Phi) is 5.69. The molecule has 0 radical (unpaired) electrons. The molecule has 1 aromatic heterocycles. The van der Waals surface area contributed by atoms with Crippen molar-refractivity contribution in [1.29, 1.82) is 0 Å². The third kappa shape index (κ3) is 4.93. The first-order chi connectivity index (χ1) is 9.21. The van der Waals surface area contributed by atoms with Gasteiger partial charge in [0.25, 0.3) is 0 Å². The van der Waals surface area contributed by atoms with Crippen LogP contribution in [0.4, 0.5) is 0 Å². The van der Waals surface area contributed by atoms with Gasteiger partial charge in [-0.05, 0) is 30.9 Å². The van der Waals surface area contributed by atoms with Gasteiger partial charge in [-0.1, -0.05) is 26.8 Å². The Morgan fingerprint density at radius 1 is 1.40 bits per heavy atom. The molecule has 4 nitrogen and oxygen atoms in total. The number of amides is 1. The monoisotopic (exact) mass is 277 g/mol. The van der Waals surface area contributed by atoms with Crippen LogP contribution in [0.2, 0.25) is 0 Å². The van der Waals surface area contributed by atoms with Crippen molar-refractivity contribution in [2.75, 3.05) is 0 Å². The molecular weight excluding hydrogens is 250 g/mol. The van der Waals surface area contributed by atoms with Gasteiger partial charge in [0, 0.05) is 37.4 Å². The first-order valence-corrected chi connectivity index (χ1v) is 7.15. The van der Waals surface area contributed by atoms with Crippen LogP contribution in [-0.4, -0.2) is 27.9 Å². The van der Waals surface area contributed by atoms with Crippen LogP contribution < -0.4 is 5.73 Å². The summed E-state index contributed by atoms with van der Waals surface area (Å²) in [5.41, 5.74) is 7.10. The van der Waals surface area contributed by atoms with E-state index in [0.29, 0.717) is 13.0 Å². The van der Waals surface area contributed by atoms with E-state index in [9.17, 15) is 4.79 Å². The number of carbonyl (C=O) groups excluding carboxylic acids is 1. The molecule has 0 spiro atoms. The van der Waals surface area contributed by atoms with Gasteiger partial charge in [0.15, 0.2) is 0 Å². The van der Waals surface area contributed by atoms with E-state index in [1.165, 1.54) is 0 Å². The number of nitrogens with zero attached hydrogens (tertiary/aromatic N) is 2. The third-order valence-corrected chi connectivity index (χ3v) is 3.53. The van der Waals surface area contributed by atoms with E-state index < -0.39 is 0 Å². The van der Waals surface area contributed by atoms with Gasteiger partial charge in [0.2, 0.25) is 5.91 Å². The molecule has 0 aliphatic rings. The van der Waals surface area contributed by atoms with E-state index in [4.69, 9.17) is 5.73 Å². The molecule has 0 bridgehead atoms. The number of carbonyl (C=O) groups is 1. The first-order valence-electron chi connectivity index (χ1n) is 7.15. The Balaban J connectivity index is 2.74. The Morgan fingerprint density at radius 2 is 2.05 bits per heavy atom. The topological polar surface area (TPSA) is 59.2 Å². The number of rotatable bonds is 5. The van der Waals surface area contributed by atoms with Gasteiger partial charge in [-0.15, -0.1) is 0 Å². The number of hydrogen-bond acceptors (Lipinski definition) is 3. The second-order valence-electron chi connectivity index (χ2n) is 6.65. The molecule has 0 aliphatic heterocycles. The van der Waals surface area contributed by atoms with Gasteiger partial charge >= 0.3 is 0 Å². The van der Waals surface area contributed by atoms with Gasteiger partial charge in [0.05, 0.1) is 0 Å². The van der Waals surface area contributed by atoms with Crippen LogP contribution in [0.1, 0.15) is 46.6 Å². The van der Waals surface area contributed by atoms with Gasteiger partial charge in [0.1, 0.15) is 0 Å². The summed E-state index contributed by atoms with van der Waals surface area (Å²) in [6, 6.07) is 3.89. The molecule has 0 aromatic carbocycles. The molecule has 0 fully saturated rings. The van der Waals surface area contributed by atoms with Crippen molar-refractivity contribution in [3.05, 3.63) is 30.1 Å². The fraction of sp³-hybridized carbons (Fsp3) is 0.625. The summed E-state index contributed by atoms with van der Waals surface area (Å²) < 4.78 is 0. The highest BCUT2D eigenvalue weighted by Crippen LogP contribution is 2.21. The van der Waals surface area contributed by atoms with Crippen LogP contribution in [0, 0.1) is 5.41 Å². The minimum Gasteiger partial charge on any atom is -0.336 e. The van der Waals surface area contributed by atoms with Crippen molar-refractivity contribution in [1.82, 2.24) is 9.88 Å². The normalized spacial score (nSPS) is 13.3. The zero-order valence-corrected chi connectivity index (χ0v) is 13.3. The average Bonchev–Trinajstić information content (AvgIpc) is 2.35. The Labute approximate surface area is 122 Å². The molecule has 0 aliphatic carbocycles. The molecule has 112 valence electrons. The molecule has 1 atom stereocenters. The summed E-state index contributed by atoms with van der Waals surface area (Å²) in [5.74, 6) is 0.103. The standard InChI is InChI=1S/C16H27N3O/c1-12(2)19(11-13-7-6-8-18-10-13)15(20)9-14(17)16(3,4)5/h6-8,10,12,14H,9,11,17H2,1-5H3. The molecule has 0 saturated heterocycles. The summed E-state index contributed by atoms with van der Waals surface area (Å²) in [6.07, 6.45) is 3.91. The summed E-state index contributed by atoms with van der Waals surface area (Å²) in [4.78, 5) is 18.4. The molecule has 0 saturated carbocycles. The van der Waals surface area contributed by atoms with Gasteiger partial charge < -0.3 is 10.6 Å². The predicted molar refractivity (Wildman–Crippen MR) is 82.0 cm³/mol. The number of nitrogens with two attached hydrogens (primary N) is 1. The van der Waals surface area contributed by atoms with Crippen LogP contribution in [0.5, 0.6) is 0 Å². The fourth-order valence-corrected chi connectivity index (χ4v) is 1.86. The summed E-state index contributed by atoms with van der Waals surface area (Å²) in [5, 5.41) is 0. The summed E-state index contributed by atoms with van der Waals surface area (Å²) in [7, 11) is 0. The van der Waals surface area contributed by atoms with Gasteiger partial charge in [-0.25, -0.2) is 0 Å². The number of aromatic nitrogens is 1. The number of pyridine rings is 1. The molecule has 1 aromatic rings. The smallest absolute Gasteiger partial charge is 0.224 e. The lowest BCUT2D eigenvalue weighted by Crippen LogP contribution is -2.43. The molecule has 20 heavy (non-hydrogen) atoms. The largest absolute Gasteiger partial charge is 0.336 e. The highest BCUT2D eigenvalue weighted by Gasteiger charge is 2.26. The van der Waals surface area contributed by atoms with Crippen molar-refractivity contribution in [2.45, 2.75) is 59.7 Å². The predicted octanol–water partition coefficient (Wildman–Crippen LogP) is 2.58. The fourth-order valence-electron chi connectivity index (χ4n) is 1.86. The molecule has 1 unspecified atom stereocenters. The zero-order valence-electron chi connectivity index (χ0n) is 13.3. The molecule has 1 rings (SSSR count). The maximum atomic E-state index is 12.5. The van der Waals surface area contributed by atoms with E-state index in [2.05, 4.69) is 25.8 Å². The van der Waals surface area contributed by atoms with Crippen molar-refractivity contribution in [3.8, 4) is 0 Å². The minimum absolute atomic E-state index is 0.0629. The second kappa shape index (κ2) is 6.84. The highest BCUT2D eigenvalue weighted by atomic mass is 16.2. The molecule has 1 heterocycles. The lowest BCUT2D eigenvalue weighted by molar-refractivity contribution is -0.134. The van der Waals surface area contributed by atoms with E-state index in [1.54, 1.807) is 12.4 Å². The molecule has 4 heteroatoms. The van der Waals surface area contributed by atoms with E-state index in [1.807, 2.05) is 30.9 Å². The van der Waals surface area contributed by atoms with E-state index in [0.717, 1.165) is 5.56 Å². The highest BCUT2D eigenvalue weighted by molar-refractivity contribution is 5.77. The summed E-state index contributed by atoms with van der Waals surface area (Å²) >= 11 is 0. The van der Waals surface area contributed by atoms with E-state index >= 15 is 0 Å². The quantitative estimate of drug-likeness (QED) is 0.900. The Bertz CT molecular complexity index is 423. The maximum Gasteiger partial charge on any atom is 0.224 e. The molecule has 1 amide bonds. The van der Waals surface area contributed by atoms with Crippen molar-refractivity contribution in [3.63, 3.8) is 0 Å². The van der Waals surface area contributed by atoms with Crippen LogP contribution in [0.15, 0.2) is 24.5 Å². The van der Waals surface area contributed by atoms with Crippen LogP contribution in [-0.2, 0) is 11.3 Å². The van der Waals surface area contributed by atoms with Crippen LogP contribution >= 0.6 is 0 Å². The van der Waals surface area contributed by atoms with Gasteiger partial charge in [-0.3, -0.25) is 9.78 Å². The Hall–Kier alpha value is -1.42. The molecular formula is C16H27N3O. The average molecular weight is 277 g/mol. The van der Waals surface area contributed by atoms with Crippen molar-refractivity contribution >= 4 is 5.91 Å². The lowest BCUT2D eigenvalue weighted by Gasteiger charge is -2.31. The first kappa shape index (κ1) is 16.6. The Morgan fingerprint density at radius 3 is 2.50 bits per heavy atom. The SMILES string of the molecule is CC(C)N(Cc1cccnc1)C(=O)CC(N)C(C)(C)C. The van der Waals surface area contributed by atoms with Crippen molar-refractivity contribution in [2.24, 2.45) is 11.1 Å². The minimum atomic E-state index is -0.134. The molecule has 2 N–H and O–H groups in total. The van der Waals surface area contributed by atoms with E-state index in [-0.39, 0.29) is 23.4 Å². The summed E-state index contributed by atoms with van der Waals surface area (Å²) in [6.45, 7) is 10.8. The number of hydrogen-bond donors (Lipinski definition) is 1. The van der Waals surface area contributed by atoms with Gasteiger partial charge in [-0.2, -0.15) is 0 Å². The zero-order chi connectivity index (χ0) is 15.3. The van der Waals surface area contributed by atoms with Crippen LogP contribution in [0.3, 0.4) is 0 Å². The van der Waals surface area contributed by atoms with Crippen LogP contribution in [0.25, 0.3) is 0 Å².